The summed E-state index contributed by atoms with van der Waals surface area (Å²) in [6, 6.07) is 4.91. The maximum Gasteiger partial charge on any atom is 0.125 e. The van der Waals surface area contributed by atoms with Gasteiger partial charge in [-0.15, -0.1) is 0 Å². The molecule has 0 aliphatic heterocycles. The average molecular weight is 263 g/mol. The third kappa shape index (κ3) is 3.97. The summed E-state index contributed by atoms with van der Waals surface area (Å²) in [5.41, 5.74) is 4.15. The predicted molar refractivity (Wildman–Crippen MR) is 83.1 cm³/mol. The van der Waals surface area contributed by atoms with Gasteiger partial charge in [0.25, 0.3) is 0 Å². The van der Waals surface area contributed by atoms with Gasteiger partial charge in [-0.1, -0.05) is 32.9 Å². The number of ether oxygens (including phenoxy) is 1. The zero-order valence-electron chi connectivity index (χ0n) is 13.6. The Bertz CT molecular complexity index is 418. The fourth-order valence-electron chi connectivity index (χ4n) is 2.64. The van der Waals surface area contributed by atoms with Crippen LogP contribution in [0.3, 0.4) is 0 Å². The molecule has 1 N–H and O–H groups in total. The van der Waals surface area contributed by atoms with E-state index in [0.29, 0.717) is 6.04 Å². The molecule has 0 aliphatic rings. The van der Waals surface area contributed by atoms with E-state index in [-0.39, 0.29) is 5.41 Å². The van der Waals surface area contributed by atoms with Crippen molar-refractivity contribution in [2.75, 3.05) is 14.2 Å². The van der Waals surface area contributed by atoms with Gasteiger partial charge in [-0.2, -0.15) is 0 Å². The lowest BCUT2D eigenvalue weighted by Crippen LogP contribution is -2.38. The topological polar surface area (TPSA) is 21.3 Å². The van der Waals surface area contributed by atoms with Gasteiger partial charge in [-0.05, 0) is 55.8 Å². The number of methoxy groups -OCH3 is 1. The third-order valence-electron chi connectivity index (χ3n) is 4.06. The molecule has 1 aromatic rings. The normalized spacial score (nSPS) is 13.4. The summed E-state index contributed by atoms with van der Waals surface area (Å²) >= 11 is 0. The zero-order valence-corrected chi connectivity index (χ0v) is 13.6. The molecule has 0 radical (unpaired) electrons. The minimum absolute atomic E-state index is 0.279. The van der Waals surface area contributed by atoms with Crippen LogP contribution in [0.2, 0.25) is 0 Å². The van der Waals surface area contributed by atoms with Crippen molar-refractivity contribution in [2.45, 2.75) is 53.5 Å². The largest absolute Gasteiger partial charge is 0.496 e. The molecule has 1 atom stereocenters. The number of hydrogen-bond donors (Lipinski definition) is 1. The van der Waals surface area contributed by atoms with Gasteiger partial charge in [0.05, 0.1) is 7.11 Å². The van der Waals surface area contributed by atoms with Gasteiger partial charge in [0.2, 0.25) is 0 Å². The summed E-state index contributed by atoms with van der Waals surface area (Å²) < 4.78 is 5.59. The molecule has 2 nitrogen and oxygen atoms in total. The van der Waals surface area contributed by atoms with E-state index in [0.717, 1.165) is 18.6 Å². The minimum Gasteiger partial charge on any atom is -0.496 e. The Morgan fingerprint density at radius 2 is 1.84 bits per heavy atom. The van der Waals surface area contributed by atoms with E-state index in [1.54, 1.807) is 7.11 Å². The van der Waals surface area contributed by atoms with Gasteiger partial charge in [-0.25, -0.2) is 0 Å². The van der Waals surface area contributed by atoms with Crippen molar-refractivity contribution < 1.29 is 4.74 Å². The average Bonchev–Trinajstić information content (AvgIpc) is 2.33. The lowest BCUT2D eigenvalue weighted by molar-refractivity contribution is 0.267. The fourth-order valence-corrected chi connectivity index (χ4v) is 2.64. The summed E-state index contributed by atoms with van der Waals surface area (Å²) in [5, 5.41) is 3.43. The highest BCUT2D eigenvalue weighted by molar-refractivity contribution is 5.45. The molecule has 0 fully saturated rings. The van der Waals surface area contributed by atoms with Gasteiger partial charge >= 0.3 is 0 Å². The summed E-state index contributed by atoms with van der Waals surface area (Å²) in [4.78, 5) is 0. The highest BCUT2D eigenvalue weighted by atomic mass is 16.5. The summed E-state index contributed by atoms with van der Waals surface area (Å²) in [6.45, 7) is 11.1. The van der Waals surface area contributed by atoms with Crippen LogP contribution in [0.25, 0.3) is 0 Å². The van der Waals surface area contributed by atoms with E-state index in [4.69, 9.17) is 4.74 Å². The standard InChI is InChI=1S/C17H29NO/c1-12-8-9-14(16(19-7)13(12)2)10-11-15(18-6)17(3,4)5/h8-9,15,18H,10-11H2,1-7H3. The Morgan fingerprint density at radius 3 is 2.32 bits per heavy atom. The molecule has 0 aromatic heterocycles. The summed E-state index contributed by atoms with van der Waals surface area (Å²) in [6.07, 6.45) is 2.17. The van der Waals surface area contributed by atoms with E-state index in [2.05, 4.69) is 52.1 Å². The van der Waals surface area contributed by atoms with Crippen molar-refractivity contribution in [3.8, 4) is 5.75 Å². The fraction of sp³-hybridized carbons (Fsp3) is 0.647. The molecule has 1 rings (SSSR count). The van der Waals surface area contributed by atoms with Gasteiger partial charge in [0, 0.05) is 6.04 Å². The Hall–Kier alpha value is -1.02. The maximum atomic E-state index is 5.59. The summed E-state index contributed by atoms with van der Waals surface area (Å²) in [5.74, 6) is 1.06. The number of nitrogens with one attached hydrogen (secondary N) is 1. The Balaban J connectivity index is 2.86. The molecule has 1 unspecified atom stereocenters. The van der Waals surface area contributed by atoms with Crippen LogP contribution in [0.1, 0.15) is 43.9 Å². The predicted octanol–water partition coefficient (Wildman–Crippen LogP) is 3.88. The molecule has 2 heteroatoms. The van der Waals surface area contributed by atoms with E-state index in [1.807, 2.05) is 7.05 Å². The maximum absolute atomic E-state index is 5.59. The van der Waals surface area contributed by atoms with E-state index in [1.165, 1.54) is 16.7 Å². The number of benzene rings is 1. The highest BCUT2D eigenvalue weighted by Gasteiger charge is 2.23. The number of hydrogen-bond acceptors (Lipinski definition) is 2. The molecule has 0 amide bonds. The minimum atomic E-state index is 0.279. The Labute approximate surface area is 118 Å². The molecular weight excluding hydrogens is 234 g/mol. The first kappa shape index (κ1) is 16.0. The molecule has 0 heterocycles. The zero-order chi connectivity index (χ0) is 14.6. The van der Waals surface area contributed by atoms with Crippen LogP contribution >= 0.6 is 0 Å². The van der Waals surface area contributed by atoms with Crippen molar-refractivity contribution in [1.29, 1.82) is 0 Å². The second-order valence-corrected chi connectivity index (χ2v) is 6.45. The molecule has 19 heavy (non-hydrogen) atoms. The van der Waals surface area contributed by atoms with Crippen molar-refractivity contribution in [3.63, 3.8) is 0 Å². The first-order valence-corrected chi connectivity index (χ1v) is 7.11. The van der Waals surface area contributed by atoms with Crippen LogP contribution in [0, 0.1) is 19.3 Å². The first-order valence-electron chi connectivity index (χ1n) is 7.11. The van der Waals surface area contributed by atoms with E-state index in [9.17, 15) is 0 Å². The van der Waals surface area contributed by atoms with Crippen LogP contribution in [-0.2, 0) is 6.42 Å². The van der Waals surface area contributed by atoms with Crippen LogP contribution < -0.4 is 10.1 Å². The van der Waals surface area contributed by atoms with Gasteiger partial charge in [0.15, 0.2) is 0 Å². The molecule has 108 valence electrons. The van der Waals surface area contributed by atoms with Crippen molar-refractivity contribution in [3.05, 3.63) is 28.8 Å². The van der Waals surface area contributed by atoms with E-state index >= 15 is 0 Å². The number of aryl methyl sites for hydroxylation is 2. The second kappa shape index (κ2) is 6.42. The van der Waals surface area contributed by atoms with Crippen LogP contribution in [0.15, 0.2) is 12.1 Å². The van der Waals surface area contributed by atoms with E-state index < -0.39 is 0 Å². The summed E-state index contributed by atoms with van der Waals surface area (Å²) in [7, 11) is 3.82. The molecule has 1 aromatic carbocycles. The first-order chi connectivity index (χ1) is 8.81. The van der Waals surface area contributed by atoms with Crippen LogP contribution in [-0.4, -0.2) is 20.2 Å². The lowest BCUT2D eigenvalue weighted by atomic mass is 9.83. The van der Waals surface area contributed by atoms with Gasteiger partial charge < -0.3 is 10.1 Å². The quantitative estimate of drug-likeness (QED) is 0.870. The van der Waals surface area contributed by atoms with Crippen molar-refractivity contribution >= 4 is 0 Å². The van der Waals surface area contributed by atoms with Crippen LogP contribution in [0.4, 0.5) is 0 Å². The second-order valence-electron chi connectivity index (χ2n) is 6.45. The Morgan fingerprint density at radius 1 is 1.21 bits per heavy atom. The molecule has 0 saturated heterocycles. The van der Waals surface area contributed by atoms with Crippen molar-refractivity contribution in [2.24, 2.45) is 5.41 Å². The molecule has 0 aliphatic carbocycles. The lowest BCUT2D eigenvalue weighted by Gasteiger charge is -2.30. The molecule has 0 saturated carbocycles. The Kier molecular flexibility index (Phi) is 5.42. The number of rotatable bonds is 5. The van der Waals surface area contributed by atoms with Gasteiger partial charge in [0.1, 0.15) is 5.75 Å². The molecule has 0 spiro atoms. The monoisotopic (exact) mass is 263 g/mol. The molecular formula is C17H29NO. The van der Waals surface area contributed by atoms with Crippen molar-refractivity contribution in [1.82, 2.24) is 5.32 Å². The molecule has 0 bridgehead atoms. The smallest absolute Gasteiger partial charge is 0.125 e. The SMILES string of the molecule is CNC(CCc1ccc(C)c(C)c1OC)C(C)(C)C. The highest BCUT2D eigenvalue weighted by Crippen LogP contribution is 2.29. The third-order valence-corrected chi connectivity index (χ3v) is 4.06. The van der Waals surface area contributed by atoms with Gasteiger partial charge in [-0.3, -0.25) is 0 Å². The van der Waals surface area contributed by atoms with Crippen LogP contribution in [0.5, 0.6) is 5.75 Å².